The van der Waals surface area contributed by atoms with E-state index in [1.165, 1.54) is 9.80 Å². The lowest BCUT2D eigenvalue weighted by Gasteiger charge is -2.30. The van der Waals surface area contributed by atoms with Crippen LogP contribution in [0.2, 0.25) is 10.0 Å². The molecule has 7 nitrogen and oxygen atoms in total. The number of rotatable bonds is 9. The van der Waals surface area contributed by atoms with Crippen molar-refractivity contribution < 1.29 is 19.2 Å². The van der Waals surface area contributed by atoms with E-state index in [2.05, 4.69) is 5.32 Å². The highest BCUT2D eigenvalue weighted by atomic mass is 35.5. The van der Waals surface area contributed by atoms with Crippen LogP contribution >= 0.6 is 23.2 Å². The second-order valence-corrected chi connectivity index (χ2v) is 10.1. The van der Waals surface area contributed by atoms with E-state index in [1.807, 2.05) is 26.0 Å². The summed E-state index contributed by atoms with van der Waals surface area (Å²) < 4.78 is 0. The fourth-order valence-electron chi connectivity index (χ4n) is 4.33. The Balaban J connectivity index is 1.75. The predicted molar refractivity (Wildman–Crippen MR) is 131 cm³/mol. The van der Waals surface area contributed by atoms with E-state index >= 15 is 0 Å². The molecule has 1 aliphatic carbocycles. The van der Waals surface area contributed by atoms with Crippen molar-refractivity contribution in [2.45, 2.75) is 52.6 Å². The van der Waals surface area contributed by atoms with Crippen molar-refractivity contribution in [1.29, 1.82) is 0 Å². The number of imide groups is 1. The van der Waals surface area contributed by atoms with Crippen molar-refractivity contribution >= 4 is 46.8 Å². The third-order valence-corrected chi connectivity index (χ3v) is 7.10. The summed E-state index contributed by atoms with van der Waals surface area (Å²) in [7, 11) is 0. The number of halogens is 2. The molecule has 2 aliphatic rings. The molecule has 4 amide bonds. The van der Waals surface area contributed by atoms with Gasteiger partial charge in [0.25, 0.3) is 0 Å². The van der Waals surface area contributed by atoms with Gasteiger partial charge in [0.1, 0.15) is 6.04 Å². The van der Waals surface area contributed by atoms with Crippen LogP contribution < -0.4 is 5.32 Å². The van der Waals surface area contributed by atoms with E-state index in [0.717, 1.165) is 0 Å². The number of nitrogens with zero attached hydrogens (tertiary/aromatic N) is 2. The first-order chi connectivity index (χ1) is 16.1. The number of carbonyl (C=O) groups excluding carboxylic acids is 4. The van der Waals surface area contributed by atoms with Gasteiger partial charge in [-0.2, -0.15) is 0 Å². The molecule has 0 unspecified atom stereocenters. The summed E-state index contributed by atoms with van der Waals surface area (Å²) in [5.41, 5.74) is 0.535. The van der Waals surface area contributed by atoms with Crippen molar-refractivity contribution in [2.24, 2.45) is 17.8 Å². The van der Waals surface area contributed by atoms with Gasteiger partial charge in [-0.15, -0.1) is 0 Å². The number of carbonyl (C=O) groups is 4. The predicted octanol–water partition coefficient (Wildman–Crippen LogP) is 3.82. The van der Waals surface area contributed by atoms with Gasteiger partial charge in [-0.05, 0) is 37.8 Å². The first-order valence-corrected chi connectivity index (χ1v) is 12.4. The number of likely N-dealkylation sites (tertiary alicyclic amines) is 1. The Morgan fingerprint density at radius 1 is 1.06 bits per heavy atom. The zero-order valence-electron chi connectivity index (χ0n) is 19.7. The average Bonchev–Trinajstić information content (AvgIpc) is 3.05. The Morgan fingerprint density at radius 2 is 1.62 bits per heavy atom. The Labute approximate surface area is 210 Å². The average molecular weight is 508 g/mol. The van der Waals surface area contributed by atoms with Crippen molar-refractivity contribution in [3.05, 3.63) is 46.0 Å². The number of benzene rings is 1. The molecular weight excluding hydrogens is 477 g/mol. The van der Waals surface area contributed by atoms with Crippen LogP contribution in [0.3, 0.4) is 0 Å². The number of hydrogen-bond donors (Lipinski definition) is 1. The third-order valence-electron chi connectivity index (χ3n) is 6.39. The molecule has 1 aromatic rings. The molecule has 0 saturated carbocycles. The quantitative estimate of drug-likeness (QED) is 0.406. The van der Waals surface area contributed by atoms with E-state index in [-0.39, 0.29) is 60.9 Å². The van der Waals surface area contributed by atoms with E-state index in [0.29, 0.717) is 35.0 Å². The zero-order chi connectivity index (χ0) is 25.0. The molecule has 1 saturated heterocycles. The Hall–Kier alpha value is -2.38. The molecular formula is C25H31Cl2N3O4. The van der Waals surface area contributed by atoms with E-state index < -0.39 is 6.04 Å². The maximum Gasteiger partial charge on any atom is 0.242 e. The van der Waals surface area contributed by atoms with Gasteiger partial charge in [-0.3, -0.25) is 24.1 Å². The van der Waals surface area contributed by atoms with Crippen LogP contribution in [0.4, 0.5) is 0 Å². The largest absolute Gasteiger partial charge is 0.354 e. The number of hydrogen-bond acceptors (Lipinski definition) is 4. The maximum atomic E-state index is 13.3. The van der Waals surface area contributed by atoms with Gasteiger partial charge in [-0.25, -0.2) is 0 Å². The summed E-state index contributed by atoms with van der Waals surface area (Å²) in [6, 6.07) is 4.26. The van der Waals surface area contributed by atoms with E-state index in [4.69, 9.17) is 23.2 Å². The molecule has 3 rings (SSSR count). The fourth-order valence-corrected chi connectivity index (χ4v) is 4.85. The molecule has 3 atom stereocenters. The van der Waals surface area contributed by atoms with Crippen LogP contribution in [0.5, 0.6) is 0 Å². The van der Waals surface area contributed by atoms with Crippen LogP contribution in [0.15, 0.2) is 30.4 Å². The Morgan fingerprint density at radius 3 is 2.15 bits per heavy atom. The summed E-state index contributed by atoms with van der Waals surface area (Å²) in [4.78, 5) is 54.2. The van der Waals surface area contributed by atoms with Crippen molar-refractivity contribution in [1.82, 2.24) is 15.1 Å². The normalized spacial score (nSPS) is 20.5. The standard InChI is InChI=1S/C25H31Cl2N3O4/c1-15(2)13-28-23(32)16(3)30(14-19-20(26)9-6-10-21(19)27)22(31)11-12-29-24(33)17-7-4-5-8-18(17)25(29)34/h4-6,9-10,15-18H,7-8,11-14H2,1-3H3,(H,28,32)/t16-,17-,18+/m0/s1. The fraction of sp³-hybridized carbons (Fsp3) is 0.520. The lowest BCUT2D eigenvalue weighted by Crippen LogP contribution is -2.49. The minimum atomic E-state index is -0.796. The van der Waals surface area contributed by atoms with Crippen LogP contribution in [0, 0.1) is 17.8 Å². The number of amides is 4. The summed E-state index contributed by atoms with van der Waals surface area (Å²) in [6.07, 6.45) is 4.85. The lowest BCUT2D eigenvalue weighted by atomic mass is 9.85. The van der Waals surface area contributed by atoms with Gasteiger partial charge in [0, 0.05) is 41.7 Å². The first-order valence-electron chi connectivity index (χ1n) is 11.6. The van der Waals surface area contributed by atoms with Gasteiger partial charge >= 0.3 is 0 Å². The van der Waals surface area contributed by atoms with E-state index in [1.54, 1.807) is 25.1 Å². The molecule has 9 heteroatoms. The maximum absolute atomic E-state index is 13.3. The molecule has 0 spiro atoms. The van der Waals surface area contributed by atoms with Crippen LogP contribution in [-0.2, 0) is 25.7 Å². The molecule has 1 N–H and O–H groups in total. The molecule has 1 aromatic carbocycles. The summed E-state index contributed by atoms with van der Waals surface area (Å²) in [6.45, 7) is 6.10. The van der Waals surface area contributed by atoms with Gasteiger partial charge in [-0.1, -0.05) is 55.3 Å². The highest BCUT2D eigenvalue weighted by Crippen LogP contribution is 2.35. The topological polar surface area (TPSA) is 86.8 Å². The highest BCUT2D eigenvalue weighted by Gasteiger charge is 2.47. The second kappa shape index (κ2) is 11.4. The summed E-state index contributed by atoms with van der Waals surface area (Å²) >= 11 is 12.7. The third kappa shape index (κ3) is 5.81. The minimum absolute atomic E-state index is 0.0173. The molecule has 0 bridgehead atoms. The van der Waals surface area contributed by atoms with Crippen LogP contribution in [0.25, 0.3) is 0 Å². The van der Waals surface area contributed by atoms with Crippen LogP contribution in [0.1, 0.15) is 45.6 Å². The smallest absolute Gasteiger partial charge is 0.242 e. The molecule has 0 radical (unpaired) electrons. The van der Waals surface area contributed by atoms with Crippen molar-refractivity contribution in [3.63, 3.8) is 0 Å². The van der Waals surface area contributed by atoms with Crippen molar-refractivity contribution in [3.8, 4) is 0 Å². The minimum Gasteiger partial charge on any atom is -0.354 e. The molecule has 1 heterocycles. The van der Waals surface area contributed by atoms with Gasteiger partial charge in [0.05, 0.1) is 11.8 Å². The number of allylic oxidation sites excluding steroid dienone is 2. The molecule has 0 aromatic heterocycles. The Bertz CT molecular complexity index is 948. The molecule has 1 fully saturated rings. The SMILES string of the molecule is CC(C)CNC(=O)[C@H](C)N(Cc1c(Cl)cccc1Cl)C(=O)CCN1C(=O)[C@H]2CC=CC[C@H]2C1=O. The van der Waals surface area contributed by atoms with Crippen LogP contribution in [-0.4, -0.2) is 52.6 Å². The highest BCUT2D eigenvalue weighted by molar-refractivity contribution is 6.36. The number of fused-ring (bicyclic) bond motifs is 1. The van der Waals surface area contributed by atoms with Crippen molar-refractivity contribution in [2.75, 3.05) is 13.1 Å². The molecule has 34 heavy (non-hydrogen) atoms. The second-order valence-electron chi connectivity index (χ2n) is 9.27. The van der Waals surface area contributed by atoms with Gasteiger partial charge < -0.3 is 10.2 Å². The zero-order valence-corrected chi connectivity index (χ0v) is 21.2. The summed E-state index contributed by atoms with van der Waals surface area (Å²) in [5.74, 6) is -1.54. The van der Waals surface area contributed by atoms with Gasteiger partial charge in [0.2, 0.25) is 23.6 Å². The summed E-state index contributed by atoms with van der Waals surface area (Å²) in [5, 5.41) is 3.63. The van der Waals surface area contributed by atoms with E-state index in [9.17, 15) is 19.2 Å². The lowest BCUT2D eigenvalue weighted by molar-refractivity contribution is -0.143. The first kappa shape index (κ1) is 26.2. The molecule has 1 aliphatic heterocycles. The monoisotopic (exact) mass is 507 g/mol. The Kier molecular flexibility index (Phi) is 8.77. The van der Waals surface area contributed by atoms with Gasteiger partial charge in [0.15, 0.2) is 0 Å². The number of nitrogens with one attached hydrogen (secondary N) is 1. The molecule has 184 valence electrons.